The number of thiazole rings is 1. The molecule has 2 aromatic rings. The normalized spacial score (nSPS) is 21.9. The zero-order valence-corrected chi connectivity index (χ0v) is 12.2. The van der Waals surface area contributed by atoms with E-state index < -0.39 is 0 Å². The van der Waals surface area contributed by atoms with Crippen LogP contribution in [0.4, 0.5) is 0 Å². The van der Waals surface area contributed by atoms with E-state index in [1.807, 2.05) is 0 Å². The summed E-state index contributed by atoms with van der Waals surface area (Å²) in [5.41, 5.74) is 10.1. The Morgan fingerprint density at radius 1 is 1.37 bits per heavy atom. The summed E-state index contributed by atoms with van der Waals surface area (Å²) in [5.74, 6) is 0. The average Bonchev–Trinajstić information content (AvgIpc) is 2.95. The lowest BCUT2D eigenvalue weighted by molar-refractivity contribution is 0.227. The third kappa shape index (κ3) is 2.43. The fourth-order valence-electron chi connectivity index (χ4n) is 2.91. The van der Waals surface area contributed by atoms with Gasteiger partial charge in [-0.2, -0.15) is 0 Å². The molecule has 0 radical (unpaired) electrons. The molecule has 3 nitrogen and oxygen atoms in total. The van der Waals surface area contributed by atoms with Crippen LogP contribution in [0.3, 0.4) is 0 Å². The van der Waals surface area contributed by atoms with Gasteiger partial charge in [-0.3, -0.25) is 4.90 Å². The first-order valence-corrected chi connectivity index (χ1v) is 7.49. The molecule has 2 unspecified atom stereocenters. The van der Waals surface area contributed by atoms with Crippen LogP contribution < -0.4 is 5.73 Å². The fraction of sp³-hybridized carbons (Fsp3) is 0.400. The van der Waals surface area contributed by atoms with Crippen LogP contribution in [0, 0.1) is 6.92 Å². The second-order valence-corrected chi connectivity index (χ2v) is 6.32. The molecule has 0 fully saturated rings. The second kappa shape index (κ2) is 5.04. The smallest absolute Gasteiger partial charge is 0.0897 e. The van der Waals surface area contributed by atoms with Crippen LogP contribution in [0.25, 0.3) is 0 Å². The van der Waals surface area contributed by atoms with Crippen molar-refractivity contribution in [3.8, 4) is 0 Å². The monoisotopic (exact) mass is 273 g/mol. The molecule has 0 bridgehead atoms. The molecule has 19 heavy (non-hydrogen) atoms. The van der Waals surface area contributed by atoms with E-state index in [9.17, 15) is 0 Å². The minimum Gasteiger partial charge on any atom is -0.324 e. The Labute approximate surface area is 118 Å². The van der Waals surface area contributed by atoms with Crippen molar-refractivity contribution >= 4 is 11.3 Å². The van der Waals surface area contributed by atoms with Crippen molar-refractivity contribution in [2.75, 3.05) is 7.05 Å². The summed E-state index contributed by atoms with van der Waals surface area (Å²) < 4.78 is 0. The third-order valence-corrected chi connectivity index (χ3v) is 4.66. The Balaban J connectivity index is 1.80. The van der Waals surface area contributed by atoms with Gasteiger partial charge in [-0.1, -0.05) is 24.3 Å². The van der Waals surface area contributed by atoms with Gasteiger partial charge in [0.1, 0.15) is 0 Å². The van der Waals surface area contributed by atoms with E-state index in [0.29, 0.717) is 6.04 Å². The van der Waals surface area contributed by atoms with Crippen molar-refractivity contribution < 1.29 is 0 Å². The number of aromatic nitrogens is 1. The molecule has 0 spiro atoms. The largest absolute Gasteiger partial charge is 0.324 e. The highest BCUT2D eigenvalue weighted by atomic mass is 32.1. The summed E-state index contributed by atoms with van der Waals surface area (Å²) in [7, 11) is 2.16. The summed E-state index contributed by atoms with van der Waals surface area (Å²) in [6, 6.07) is 9.11. The number of rotatable bonds is 3. The van der Waals surface area contributed by atoms with Crippen molar-refractivity contribution in [2.45, 2.75) is 32.0 Å². The van der Waals surface area contributed by atoms with Gasteiger partial charge in [0.25, 0.3) is 0 Å². The van der Waals surface area contributed by atoms with E-state index in [-0.39, 0.29) is 6.04 Å². The molecule has 0 saturated carbocycles. The Bertz CT molecular complexity index is 578. The molecule has 1 aliphatic rings. The maximum Gasteiger partial charge on any atom is 0.0897 e. The fourth-order valence-corrected chi connectivity index (χ4v) is 3.51. The van der Waals surface area contributed by atoms with Crippen molar-refractivity contribution in [1.29, 1.82) is 0 Å². The topological polar surface area (TPSA) is 42.2 Å². The van der Waals surface area contributed by atoms with Crippen LogP contribution in [0.2, 0.25) is 0 Å². The van der Waals surface area contributed by atoms with E-state index >= 15 is 0 Å². The van der Waals surface area contributed by atoms with Gasteiger partial charge in [0.05, 0.1) is 10.7 Å². The van der Waals surface area contributed by atoms with Gasteiger partial charge in [0.15, 0.2) is 0 Å². The van der Waals surface area contributed by atoms with Crippen LogP contribution in [0.15, 0.2) is 29.6 Å². The van der Waals surface area contributed by atoms with Gasteiger partial charge >= 0.3 is 0 Å². The minimum absolute atomic E-state index is 0.167. The number of nitrogens with zero attached hydrogens (tertiary/aromatic N) is 2. The van der Waals surface area contributed by atoms with Crippen LogP contribution in [0.5, 0.6) is 0 Å². The maximum atomic E-state index is 6.23. The minimum atomic E-state index is 0.167. The first kappa shape index (κ1) is 12.8. The molecular weight excluding hydrogens is 254 g/mol. The lowest BCUT2D eigenvalue weighted by Gasteiger charge is -2.24. The number of hydrogen-bond donors (Lipinski definition) is 1. The van der Waals surface area contributed by atoms with E-state index in [2.05, 4.69) is 53.5 Å². The van der Waals surface area contributed by atoms with Gasteiger partial charge in [0, 0.05) is 24.0 Å². The van der Waals surface area contributed by atoms with Crippen LogP contribution >= 0.6 is 11.3 Å². The molecule has 2 atom stereocenters. The van der Waals surface area contributed by atoms with Crippen LogP contribution in [-0.4, -0.2) is 16.9 Å². The summed E-state index contributed by atoms with van der Waals surface area (Å²) in [6.45, 7) is 2.94. The summed E-state index contributed by atoms with van der Waals surface area (Å²) in [5, 5.41) is 3.28. The van der Waals surface area contributed by atoms with Crippen molar-refractivity contribution in [3.63, 3.8) is 0 Å². The molecule has 0 saturated heterocycles. The Morgan fingerprint density at radius 3 is 2.79 bits per heavy atom. The predicted molar refractivity (Wildman–Crippen MR) is 79.0 cm³/mol. The van der Waals surface area contributed by atoms with E-state index in [1.54, 1.807) is 11.3 Å². The number of nitrogens with two attached hydrogens (primary N) is 1. The van der Waals surface area contributed by atoms with Crippen molar-refractivity contribution in [3.05, 3.63) is 51.5 Å². The molecule has 100 valence electrons. The highest BCUT2D eigenvalue weighted by molar-refractivity contribution is 7.09. The lowest BCUT2D eigenvalue weighted by Crippen LogP contribution is -2.23. The number of aryl methyl sites for hydroxylation is 1. The number of fused-ring (bicyclic) bond motifs is 1. The van der Waals surface area contributed by atoms with Gasteiger partial charge < -0.3 is 5.73 Å². The van der Waals surface area contributed by atoms with Gasteiger partial charge in [-0.15, -0.1) is 11.3 Å². The maximum absolute atomic E-state index is 6.23. The van der Waals surface area contributed by atoms with E-state index in [1.165, 1.54) is 11.1 Å². The number of hydrogen-bond acceptors (Lipinski definition) is 4. The molecule has 3 rings (SSSR count). The van der Waals surface area contributed by atoms with Crippen molar-refractivity contribution in [1.82, 2.24) is 9.88 Å². The highest BCUT2D eigenvalue weighted by Gasteiger charge is 2.30. The standard InChI is InChI=1S/C15H19N3S/c1-10-17-11(9-19-10)8-18(2)15-7-14(16)12-5-3-4-6-13(12)15/h3-6,9,14-15H,7-8,16H2,1-2H3. The molecule has 1 aromatic carbocycles. The highest BCUT2D eigenvalue weighted by Crippen LogP contribution is 2.40. The molecule has 1 aliphatic carbocycles. The Morgan fingerprint density at radius 2 is 2.11 bits per heavy atom. The quantitative estimate of drug-likeness (QED) is 0.934. The zero-order chi connectivity index (χ0) is 13.4. The molecule has 4 heteroatoms. The molecule has 0 aliphatic heterocycles. The van der Waals surface area contributed by atoms with E-state index in [0.717, 1.165) is 23.7 Å². The zero-order valence-electron chi connectivity index (χ0n) is 11.3. The summed E-state index contributed by atoms with van der Waals surface area (Å²) >= 11 is 1.71. The Kier molecular flexibility index (Phi) is 3.39. The van der Waals surface area contributed by atoms with Gasteiger partial charge in [-0.05, 0) is 31.5 Å². The second-order valence-electron chi connectivity index (χ2n) is 5.26. The molecule has 0 amide bonds. The number of benzene rings is 1. The molecular formula is C15H19N3S. The predicted octanol–water partition coefficient (Wildman–Crippen LogP) is 3.03. The third-order valence-electron chi connectivity index (χ3n) is 3.84. The first-order chi connectivity index (χ1) is 9.15. The van der Waals surface area contributed by atoms with E-state index in [4.69, 9.17) is 5.73 Å². The van der Waals surface area contributed by atoms with Crippen LogP contribution in [-0.2, 0) is 6.54 Å². The van der Waals surface area contributed by atoms with Crippen molar-refractivity contribution in [2.24, 2.45) is 5.73 Å². The Hall–Kier alpha value is -1.23. The first-order valence-electron chi connectivity index (χ1n) is 6.61. The van der Waals surface area contributed by atoms with Gasteiger partial charge in [0.2, 0.25) is 0 Å². The lowest BCUT2D eigenvalue weighted by atomic mass is 10.1. The molecule has 2 N–H and O–H groups in total. The summed E-state index contributed by atoms with van der Waals surface area (Å²) in [6.07, 6.45) is 0.999. The average molecular weight is 273 g/mol. The molecule has 1 aromatic heterocycles. The van der Waals surface area contributed by atoms with Crippen LogP contribution in [0.1, 0.15) is 40.3 Å². The SMILES string of the molecule is Cc1nc(CN(C)C2CC(N)c3ccccc32)cs1. The van der Waals surface area contributed by atoms with Gasteiger partial charge in [-0.25, -0.2) is 4.98 Å². The molecule has 1 heterocycles. The summed E-state index contributed by atoms with van der Waals surface area (Å²) in [4.78, 5) is 6.90.